The monoisotopic (exact) mass is 326 g/mol. The van der Waals surface area contributed by atoms with Gasteiger partial charge in [-0.1, -0.05) is 72.4 Å². The Morgan fingerprint density at radius 1 is 1.04 bits per heavy atom. The van der Waals surface area contributed by atoms with Gasteiger partial charge in [-0.2, -0.15) is 5.21 Å². The molecule has 0 aliphatic heterocycles. The SMILES string of the molecule is COC(=O)C(Sc1nn[nH]n1)(c1ccccc1)c1ccccc1. The highest BCUT2D eigenvalue weighted by Gasteiger charge is 2.45. The van der Waals surface area contributed by atoms with E-state index in [2.05, 4.69) is 20.6 Å². The third kappa shape index (κ3) is 2.83. The minimum absolute atomic E-state index is 0.364. The summed E-state index contributed by atoms with van der Waals surface area (Å²) >= 11 is 1.19. The molecule has 0 saturated carbocycles. The number of carbonyl (C=O) groups excluding carboxylic acids is 1. The van der Waals surface area contributed by atoms with Crippen LogP contribution in [0, 0.1) is 0 Å². The second-order valence-corrected chi connectivity index (χ2v) is 5.88. The number of methoxy groups -OCH3 is 1. The Bertz CT molecular complexity index is 724. The summed E-state index contributed by atoms with van der Waals surface area (Å²) in [6.07, 6.45) is 0. The Kier molecular flexibility index (Phi) is 4.38. The number of carbonyl (C=O) groups is 1. The number of nitrogens with one attached hydrogen (secondary N) is 1. The smallest absolute Gasteiger partial charge is 0.331 e. The number of aromatic nitrogens is 4. The maximum atomic E-state index is 12.8. The summed E-state index contributed by atoms with van der Waals surface area (Å²) in [5.74, 6) is -0.398. The van der Waals surface area contributed by atoms with Gasteiger partial charge < -0.3 is 4.74 Å². The molecule has 0 saturated heterocycles. The second-order valence-electron chi connectivity index (χ2n) is 4.70. The maximum Gasteiger partial charge on any atom is 0.331 e. The van der Waals surface area contributed by atoms with Crippen molar-refractivity contribution in [3.05, 3.63) is 71.8 Å². The zero-order valence-corrected chi connectivity index (χ0v) is 13.2. The maximum absolute atomic E-state index is 12.8. The van der Waals surface area contributed by atoms with Crippen molar-refractivity contribution in [3.8, 4) is 0 Å². The fourth-order valence-corrected chi connectivity index (χ4v) is 3.50. The van der Waals surface area contributed by atoms with Crippen molar-refractivity contribution in [2.75, 3.05) is 7.11 Å². The molecule has 0 unspecified atom stereocenters. The van der Waals surface area contributed by atoms with Crippen LogP contribution >= 0.6 is 11.8 Å². The van der Waals surface area contributed by atoms with E-state index in [9.17, 15) is 4.79 Å². The number of nitrogens with zero attached hydrogens (tertiary/aromatic N) is 3. The molecule has 0 aliphatic rings. The van der Waals surface area contributed by atoms with Gasteiger partial charge in [0, 0.05) is 0 Å². The Balaban J connectivity index is 2.23. The van der Waals surface area contributed by atoms with Crippen LogP contribution in [0.4, 0.5) is 0 Å². The summed E-state index contributed by atoms with van der Waals surface area (Å²) in [6.45, 7) is 0. The first-order valence-electron chi connectivity index (χ1n) is 6.89. The molecule has 0 radical (unpaired) electrons. The predicted octanol–water partition coefficient (Wildman–Crippen LogP) is 2.41. The van der Waals surface area contributed by atoms with Gasteiger partial charge in [0.25, 0.3) is 0 Å². The van der Waals surface area contributed by atoms with Crippen molar-refractivity contribution < 1.29 is 9.53 Å². The van der Waals surface area contributed by atoms with Crippen LogP contribution in [0.5, 0.6) is 0 Å². The molecule has 0 aliphatic carbocycles. The Morgan fingerprint density at radius 3 is 2.04 bits per heavy atom. The fraction of sp³-hybridized carbons (Fsp3) is 0.125. The molecule has 0 amide bonds. The lowest BCUT2D eigenvalue weighted by Gasteiger charge is -2.30. The minimum atomic E-state index is -1.11. The predicted molar refractivity (Wildman–Crippen MR) is 85.7 cm³/mol. The van der Waals surface area contributed by atoms with Crippen molar-refractivity contribution in [1.82, 2.24) is 20.6 Å². The molecule has 1 aromatic heterocycles. The van der Waals surface area contributed by atoms with Crippen molar-refractivity contribution >= 4 is 17.7 Å². The molecule has 7 heteroatoms. The number of esters is 1. The highest BCUT2D eigenvalue weighted by Crippen LogP contribution is 2.46. The van der Waals surface area contributed by atoms with Gasteiger partial charge in [-0.15, -0.1) is 10.2 Å². The van der Waals surface area contributed by atoms with Crippen LogP contribution in [0.15, 0.2) is 65.8 Å². The van der Waals surface area contributed by atoms with Crippen LogP contribution in [-0.2, 0) is 14.3 Å². The molecule has 116 valence electrons. The fourth-order valence-electron chi connectivity index (χ4n) is 2.38. The minimum Gasteiger partial charge on any atom is -0.467 e. The van der Waals surface area contributed by atoms with Crippen molar-refractivity contribution in [1.29, 1.82) is 0 Å². The summed E-state index contributed by atoms with van der Waals surface area (Å²) in [5.41, 5.74) is 1.57. The largest absolute Gasteiger partial charge is 0.467 e. The average molecular weight is 326 g/mol. The lowest BCUT2D eigenvalue weighted by molar-refractivity contribution is -0.142. The zero-order valence-electron chi connectivity index (χ0n) is 12.3. The summed E-state index contributed by atoms with van der Waals surface area (Å²) in [6, 6.07) is 18.9. The molecule has 1 heterocycles. The molecule has 0 spiro atoms. The molecular formula is C16H14N4O2S. The number of aromatic amines is 1. The van der Waals surface area contributed by atoms with Crippen LogP contribution in [-0.4, -0.2) is 33.7 Å². The molecule has 6 nitrogen and oxygen atoms in total. The van der Waals surface area contributed by atoms with E-state index in [1.54, 1.807) is 0 Å². The molecule has 2 aromatic carbocycles. The molecule has 0 fully saturated rings. The molecular weight excluding hydrogens is 312 g/mol. The number of rotatable bonds is 5. The summed E-state index contributed by atoms with van der Waals surface area (Å²) in [7, 11) is 1.37. The van der Waals surface area contributed by atoms with E-state index in [0.29, 0.717) is 5.16 Å². The van der Waals surface area contributed by atoms with E-state index in [0.717, 1.165) is 11.1 Å². The Morgan fingerprint density at radius 2 is 1.61 bits per heavy atom. The molecule has 1 N–H and O–H groups in total. The average Bonchev–Trinajstić information content (AvgIpc) is 3.13. The van der Waals surface area contributed by atoms with Crippen LogP contribution in [0.3, 0.4) is 0 Å². The van der Waals surface area contributed by atoms with Crippen LogP contribution in [0.2, 0.25) is 0 Å². The normalized spacial score (nSPS) is 11.2. The third-order valence-corrected chi connectivity index (χ3v) is 4.70. The van der Waals surface area contributed by atoms with Gasteiger partial charge in [0.15, 0.2) is 4.75 Å². The van der Waals surface area contributed by atoms with Crippen molar-refractivity contribution in [3.63, 3.8) is 0 Å². The van der Waals surface area contributed by atoms with Gasteiger partial charge in [-0.25, -0.2) is 4.79 Å². The van der Waals surface area contributed by atoms with Gasteiger partial charge in [-0.3, -0.25) is 0 Å². The number of ether oxygens (including phenoxy) is 1. The van der Waals surface area contributed by atoms with Gasteiger partial charge in [0.1, 0.15) is 0 Å². The first-order valence-corrected chi connectivity index (χ1v) is 7.71. The Hall–Kier alpha value is -2.67. The van der Waals surface area contributed by atoms with Gasteiger partial charge in [-0.05, 0) is 16.3 Å². The Labute approximate surface area is 137 Å². The number of H-pyrrole nitrogens is 1. The lowest BCUT2D eigenvalue weighted by Crippen LogP contribution is -2.35. The molecule has 0 atom stereocenters. The van der Waals surface area contributed by atoms with Crippen molar-refractivity contribution in [2.45, 2.75) is 9.90 Å². The summed E-state index contributed by atoms with van der Waals surface area (Å²) in [5, 5.41) is 14.3. The lowest BCUT2D eigenvalue weighted by atomic mass is 9.90. The van der Waals surface area contributed by atoms with Crippen LogP contribution in [0.1, 0.15) is 11.1 Å². The standard InChI is InChI=1S/C16H14N4O2S/c1-22-14(21)16(12-8-4-2-5-9-12,13-10-6-3-7-11-13)23-15-17-19-20-18-15/h2-11H,1H3,(H,17,18,19,20). The molecule has 3 rings (SSSR count). The van der Waals surface area contributed by atoms with E-state index >= 15 is 0 Å². The molecule has 3 aromatic rings. The topological polar surface area (TPSA) is 80.8 Å². The first-order chi connectivity index (χ1) is 11.3. The number of tetrazole rings is 1. The van der Waals surface area contributed by atoms with E-state index in [1.165, 1.54) is 18.9 Å². The van der Waals surface area contributed by atoms with Crippen LogP contribution in [0.25, 0.3) is 0 Å². The zero-order chi connectivity index (χ0) is 16.1. The van der Waals surface area contributed by atoms with Gasteiger partial charge in [0.2, 0.25) is 5.16 Å². The number of hydrogen-bond donors (Lipinski definition) is 1. The quantitative estimate of drug-likeness (QED) is 0.573. The van der Waals surface area contributed by atoms with Crippen molar-refractivity contribution in [2.24, 2.45) is 0 Å². The van der Waals surface area contributed by atoms with E-state index in [-0.39, 0.29) is 0 Å². The summed E-state index contributed by atoms with van der Waals surface area (Å²) < 4.78 is 4.02. The van der Waals surface area contributed by atoms with Crippen LogP contribution < -0.4 is 0 Å². The highest BCUT2D eigenvalue weighted by molar-refractivity contribution is 8.01. The number of hydrogen-bond acceptors (Lipinski definition) is 6. The van der Waals surface area contributed by atoms with E-state index < -0.39 is 10.7 Å². The van der Waals surface area contributed by atoms with E-state index in [1.807, 2.05) is 60.7 Å². The van der Waals surface area contributed by atoms with E-state index in [4.69, 9.17) is 4.74 Å². The van der Waals surface area contributed by atoms with Gasteiger partial charge >= 0.3 is 5.97 Å². The second kappa shape index (κ2) is 6.62. The number of benzene rings is 2. The number of thioether (sulfide) groups is 1. The first kappa shape index (κ1) is 15.2. The highest BCUT2D eigenvalue weighted by atomic mass is 32.2. The summed E-state index contributed by atoms with van der Waals surface area (Å²) in [4.78, 5) is 12.8. The molecule has 23 heavy (non-hydrogen) atoms. The molecule has 0 bridgehead atoms. The van der Waals surface area contributed by atoms with Gasteiger partial charge in [0.05, 0.1) is 7.11 Å². The third-order valence-electron chi connectivity index (χ3n) is 3.40.